The number of carbonyl (C=O) groups excluding carboxylic acids is 3. The third kappa shape index (κ3) is 29.2. The second kappa shape index (κ2) is 38.0. The summed E-state index contributed by atoms with van der Waals surface area (Å²) in [5.41, 5.74) is 3.03. The molecule has 15 heteroatoms. The number of hydrogen-bond acceptors (Lipinski definition) is 11. The average Bonchev–Trinajstić information content (AvgIpc) is 3.94. The zero-order valence-electron chi connectivity index (χ0n) is 39.1. The summed E-state index contributed by atoms with van der Waals surface area (Å²) < 4.78 is 24.6. The molecular weight excluding hydrogens is 1050 g/mol. The topological polar surface area (TPSA) is 169 Å². The SMILES string of the molecule is BrC1=CCCC2(C1)OCCO2.C=CC1=CCCC(=O)C1.C=CC1=CCCC(C)(O)C1.C=CC1=CCCC2(C1)OCCO2.O=C1C=C(Br)CCC1.O=C1C=C(O)CCC1.OCCO.[Br-].[CH-]=C.[Mg+2]. The van der Waals surface area contributed by atoms with Gasteiger partial charge in [0.1, 0.15) is 5.78 Å². The Balaban J connectivity index is 0. The van der Waals surface area contributed by atoms with Gasteiger partial charge in [0.25, 0.3) is 0 Å². The molecule has 2 saturated heterocycles. The molecule has 2 fully saturated rings. The van der Waals surface area contributed by atoms with Crippen LogP contribution in [0.15, 0.2) is 112 Å². The molecule has 1 atom stereocenters. The molecule has 4 N–H and O–H groups in total. The summed E-state index contributed by atoms with van der Waals surface area (Å²) in [5, 5.41) is 33.6. The number of rotatable bonds is 4. The number of Topliss-reactive ketones (excluding diaryl/α,β-unsaturated/α-hetero) is 1. The molecule has 66 heavy (non-hydrogen) atoms. The number of ketones is 3. The van der Waals surface area contributed by atoms with Crippen LogP contribution in [0.25, 0.3) is 0 Å². The molecule has 2 spiro atoms. The number of ether oxygens (including phenoxy) is 4. The Bertz CT molecular complexity index is 1650. The summed E-state index contributed by atoms with van der Waals surface area (Å²) in [6, 6.07) is 0. The molecule has 0 aromatic heterocycles. The van der Waals surface area contributed by atoms with Crippen molar-refractivity contribution in [1.29, 1.82) is 0 Å². The van der Waals surface area contributed by atoms with Gasteiger partial charge in [-0.3, -0.25) is 21.0 Å². The maximum atomic E-state index is 10.7. The molecule has 1 unspecified atom stereocenters. The summed E-state index contributed by atoms with van der Waals surface area (Å²) in [4.78, 5) is 31.7. The van der Waals surface area contributed by atoms with Gasteiger partial charge in [0.15, 0.2) is 23.1 Å². The smallest absolute Gasteiger partial charge is 1.00 e. The van der Waals surface area contributed by atoms with E-state index in [2.05, 4.69) is 89.1 Å². The minimum absolute atomic E-state index is 0. The predicted octanol–water partition coefficient (Wildman–Crippen LogP) is 7.50. The molecule has 2 aliphatic heterocycles. The van der Waals surface area contributed by atoms with Gasteiger partial charge in [-0.15, -0.1) is 0 Å². The Labute approximate surface area is 438 Å². The van der Waals surface area contributed by atoms with Gasteiger partial charge in [-0.2, -0.15) is 0 Å². The molecule has 0 bridgehead atoms. The van der Waals surface area contributed by atoms with E-state index in [1.165, 1.54) is 21.7 Å². The Morgan fingerprint density at radius 3 is 1.45 bits per heavy atom. The van der Waals surface area contributed by atoms with E-state index >= 15 is 0 Å². The van der Waals surface area contributed by atoms with Crippen molar-refractivity contribution in [3.05, 3.63) is 119 Å². The predicted molar refractivity (Wildman–Crippen MR) is 267 cm³/mol. The zero-order chi connectivity index (χ0) is 47.9. The van der Waals surface area contributed by atoms with Crippen molar-refractivity contribution in [2.45, 2.75) is 140 Å². The third-order valence-corrected chi connectivity index (χ3v) is 11.7. The standard InChI is InChI=1S/C10H14O2.C9H14O.C8H11BrO2.C8H10O.C6H7BrO.C6H8O2.C2H6O2.C2H3.BrH.Mg/c1-2-9-4-3-5-10(8-9)11-6-7-12-10;1-3-8-5-4-6-9(2,10)7-8;9-7-2-1-3-8(6-7)10-4-5-11-8;1-2-7-4-3-5-8(9)6-7;2*7-5-2-1-3-6(8)4-5;3-1-2-4;1-2;;/h2,4H,1,3,5-8H2;3,5,10H,1,4,6-7H2,2H3;2H,1,3-6H2;2,4H,1,3,5-6H2;4H,1-3H2;4,7H,1-3H2;3-4H,1-2H2;1H,2H2;1H;/q;;;;;;;-1;;+2/p-1. The maximum absolute atomic E-state index is 10.7. The third-order valence-electron chi connectivity index (χ3n) is 10.5. The summed E-state index contributed by atoms with van der Waals surface area (Å²) in [7, 11) is 0. The van der Waals surface area contributed by atoms with Gasteiger partial charge in [-0.05, 0) is 90.1 Å². The molecule has 11 nitrogen and oxygen atoms in total. The van der Waals surface area contributed by atoms with Crippen molar-refractivity contribution in [2.75, 3.05) is 39.6 Å². The van der Waals surface area contributed by atoms with Gasteiger partial charge in [-0.25, -0.2) is 0 Å². The Morgan fingerprint density at radius 1 is 0.636 bits per heavy atom. The second-order valence-electron chi connectivity index (χ2n) is 16.0. The number of aliphatic hydroxyl groups excluding tert-OH is 3. The zero-order valence-corrected chi connectivity index (χ0v) is 45.2. The summed E-state index contributed by atoms with van der Waals surface area (Å²) in [6.07, 6.45) is 32.6. The first kappa shape index (κ1) is 66.2. The fourth-order valence-corrected chi connectivity index (χ4v) is 8.46. The average molecular weight is 1130 g/mol. The van der Waals surface area contributed by atoms with Crippen LogP contribution < -0.4 is 17.0 Å². The minimum Gasteiger partial charge on any atom is -1.00 e. The minimum atomic E-state index is -0.488. The summed E-state index contributed by atoms with van der Waals surface area (Å²) in [5.74, 6) is 0.316. The largest absolute Gasteiger partial charge is 2.00 e. The molecule has 6 aliphatic carbocycles. The Morgan fingerprint density at radius 2 is 1.09 bits per heavy atom. The van der Waals surface area contributed by atoms with Crippen LogP contribution in [-0.2, 0) is 33.3 Å². The number of halogens is 3. The van der Waals surface area contributed by atoms with Crippen LogP contribution in [0.2, 0.25) is 0 Å². The van der Waals surface area contributed by atoms with E-state index < -0.39 is 5.60 Å². The number of hydrogen-bond donors (Lipinski definition) is 4. The molecule has 0 amide bonds. The normalized spacial score (nSPS) is 22.9. The molecule has 2 heterocycles. The van der Waals surface area contributed by atoms with Crippen molar-refractivity contribution in [1.82, 2.24) is 0 Å². The van der Waals surface area contributed by atoms with Crippen LogP contribution in [-0.4, -0.2) is 118 Å². The van der Waals surface area contributed by atoms with Crippen molar-refractivity contribution >= 4 is 72.3 Å². The number of allylic oxidation sites excluding steroid dienone is 12. The number of carbonyl (C=O) groups is 3. The van der Waals surface area contributed by atoms with E-state index in [9.17, 15) is 19.5 Å². The van der Waals surface area contributed by atoms with E-state index in [-0.39, 0.29) is 82.1 Å². The quantitative estimate of drug-likeness (QED) is 0.163. The Hall–Kier alpha value is -1.86. The molecule has 8 rings (SSSR count). The number of aliphatic hydroxyl groups is 4. The van der Waals surface area contributed by atoms with Crippen molar-refractivity contribution in [3.63, 3.8) is 0 Å². The Kier molecular flexibility index (Phi) is 38.1. The molecule has 0 saturated carbocycles. The van der Waals surface area contributed by atoms with Gasteiger partial charge >= 0.3 is 23.1 Å². The monoisotopic (exact) mass is 1120 g/mol. The van der Waals surface area contributed by atoms with Crippen molar-refractivity contribution in [3.8, 4) is 0 Å². The molecule has 8 aliphatic rings. The fraction of sp³-hybridized carbons (Fsp3) is 0.549. The molecule has 0 aromatic rings. The second-order valence-corrected chi connectivity index (χ2v) is 18.1. The fourth-order valence-electron chi connectivity index (χ4n) is 7.27. The first-order valence-electron chi connectivity index (χ1n) is 22.1. The van der Waals surface area contributed by atoms with E-state index in [4.69, 9.17) is 34.3 Å². The van der Waals surface area contributed by atoms with Crippen LogP contribution in [0.5, 0.6) is 0 Å². The molecule has 0 aromatic carbocycles. The van der Waals surface area contributed by atoms with Crippen LogP contribution in [0, 0.1) is 6.58 Å². The van der Waals surface area contributed by atoms with Gasteiger partial charge in [0.05, 0.1) is 51.0 Å². The molecule has 366 valence electrons. The first-order chi connectivity index (χ1) is 30.6. The summed E-state index contributed by atoms with van der Waals surface area (Å²) >= 11 is 6.74. The first-order valence-corrected chi connectivity index (χ1v) is 23.7. The van der Waals surface area contributed by atoms with Crippen LogP contribution >= 0.6 is 31.9 Å². The van der Waals surface area contributed by atoms with E-state index in [0.717, 1.165) is 133 Å². The van der Waals surface area contributed by atoms with Crippen molar-refractivity contribution < 1.29 is 70.7 Å². The molecular formula is C51H73Br3MgO11. The molecule has 0 radical (unpaired) electrons. The maximum Gasteiger partial charge on any atom is 2.00 e. The summed E-state index contributed by atoms with van der Waals surface area (Å²) in [6.45, 7) is 22.6. The van der Waals surface area contributed by atoms with Gasteiger partial charge < -0.3 is 62.9 Å². The van der Waals surface area contributed by atoms with Crippen molar-refractivity contribution in [2.24, 2.45) is 0 Å². The van der Waals surface area contributed by atoms with E-state index in [0.29, 0.717) is 25.0 Å². The van der Waals surface area contributed by atoms with Gasteiger partial charge in [-0.1, -0.05) is 94.1 Å². The van der Waals surface area contributed by atoms with Gasteiger partial charge in [0.2, 0.25) is 0 Å². The van der Waals surface area contributed by atoms with Gasteiger partial charge in [0, 0.05) is 70.3 Å². The van der Waals surface area contributed by atoms with Crippen LogP contribution in [0.1, 0.15) is 122 Å². The van der Waals surface area contributed by atoms with Crippen LogP contribution in [0.3, 0.4) is 0 Å². The van der Waals surface area contributed by atoms with E-state index in [1.54, 1.807) is 12.2 Å². The van der Waals surface area contributed by atoms with Crippen LogP contribution in [0.4, 0.5) is 0 Å². The van der Waals surface area contributed by atoms with E-state index in [1.807, 2.05) is 19.1 Å².